The number of hydrogen-bond acceptors (Lipinski definition) is 2. The quantitative estimate of drug-likeness (QED) is 0.909. The lowest BCUT2D eigenvalue weighted by Gasteiger charge is -2.39. The Bertz CT molecular complexity index is 513. The molecule has 1 N–H and O–H groups in total. The fraction of sp³-hybridized carbons (Fsp3) is 0.562. The predicted molar refractivity (Wildman–Crippen MR) is 76.5 cm³/mol. The Morgan fingerprint density at radius 2 is 1.95 bits per heavy atom. The van der Waals surface area contributed by atoms with Gasteiger partial charge in [0.2, 0.25) is 0 Å². The number of halogens is 3. The Morgan fingerprint density at radius 1 is 1.32 bits per heavy atom. The summed E-state index contributed by atoms with van der Waals surface area (Å²) in [4.78, 5) is 13.3. The van der Waals surface area contributed by atoms with E-state index in [1.54, 1.807) is 0 Å². The maximum Gasteiger partial charge on any atom is 0.416 e. The molecule has 6 heteroatoms. The van der Waals surface area contributed by atoms with Crippen LogP contribution in [0.25, 0.3) is 0 Å². The highest BCUT2D eigenvalue weighted by Crippen LogP contribution is 2.34. The van der Waals surface area contributed by atoms with Crippen LogP contribution in [0.2, 0.25) is 0 Å². The molecular weight excluding hydrogens is 295 g/mol. The first-order valence-corrected chi connectivity index (χ1v) is 7.50. The fourth-order valence-corrected chi connectivity index (χ4v) is 3.15. The first-order chi connectivity index (χ1) is 10.3. The van der Waals surface area contributed by atoms with Crippen LogP contribution in [0, 0.1) is 0 Å². The van der Waals surface area contributed by atoms with E-state index >= 15 is 0 Å². The van der Waals surface area contributed by atoms with Gasteiger partial charge in [-0.2, -0.15) is 13.2 Å². The van der Waals surface area contributed by atoms with Gasteiger partial charge < -0.3 is 5.11 Å². The maximum absolute atomic E-state index is 12.6. The smallest absolute Gasteiger partial charge is 0.416 e. The molecule has 1 saturated heterocycles. The van der Waals surface area contributed by atoms with Gasteiger partial charge in [-0.3, -0.25) is 9.69 Å². The molecule has 0 bridgehead atoms. The Hall–Kier alpha value is -1.56. The number of piperidine rings is 1. The van der Waals surface area contributed by atoms with Gasteiger partial charge in [-0.15, -0.1) is 0 Å². The summed E-state index contributed by atoms with van der Waals surface area (Å²) < 4.78 is 37.9. The molecule has 0 aliphatic carbocycles. The molecule has 1 aliphatic heterocycles. The van der Waals surface area contributed by atoms with Gasteiger partial charge >= 0.3 is 12.1 Å². The molecule has 1 aliphatic rings. The zero-order valence-electron chi connectivity index (χ0n) is 12.4. The van der Waals surface area contributed by atoms with Crippen LogP contribution < -0.4 is 0 Å². The Balaban J connectivity index is 2.25. The molecule has 2 atom stereocenters. The molecule has 0 radical (unpaired) electrons. The van der Waals surface area contributed by atoms with Crippen LogP contribution in [-0.4, -0.2) is 28.6 Å². The summed E-state index contributed by atoms with van der Waals surface area (Å²) in [5.74, 6) is -0.856. The van der Waals surface area contributed by atoms with Gasteiger partial charge in [-0.05, 0) is 43.5 Å². The van der Waals surface area contributed by atoms with Crippen LogP contribution in [-0.2, 0) is 11.0 Å². The van der Waals surface area contributed by atoms with E-state index in [1.807, 2.05) is 11.8 Å². The van der Waals surface area contributed by atoms with Gasteiger partial charge in [0.25, 0.3) is 0 Å². The van der Waals surface area contributed by atoms with Crippen molar-refractivity contribution in [1.82, 2.24) is 4.90 Å². The van der Waals surface area contributed by atoms with E-state index in [4.69, 9.17) is 0 Å². The van der Waals surface area contributed by atoms with Crippen molar-refractivity contribution in [2.75, 3.05) is 6.54 Å². The average molecular weight is 315 g/mol. The molecule has 1 aromatic carbocycles. The van der Waals surface area contributed by atoms with Crippen molar-refractivity contribution < 1.29 is 23.1 Å². The van der Waals surface area contributed by atoms with Crippen molar-refractivity contribution in [3.63, 3.8) is 0 Å². The number of benzene rings is 1. The number of carboxylic acid groups (broad SMARTS) is 1. The number of alkyl halides is 3. The lowest BCUT2D eigenvalue weighted by atomic mass is 9.94. The molecule has 1 aromatic rings. The molecule has 0 saturated carbocycles. The fourth-order valence-electron chi connectivity index (χ4n) is 3.15. The second kappa shape index (κ2) is 6.69. The number of carbonyl (C=O) groups is 1. The molecule has 1 fully saturated rings. The zero-order chi connectivity index (χ0) is 16.3. The van der Waals surface area contributed by atoms with Crippen molar-refractivity contribution >= 4 is 5.97 Å². The van der Waals surface area contributed by atoms with E-state index in [2.05, 4.69) is 0 Å². The number of aliphatic carboxylic acids is 1. The number of rotatable bonds is 4. The second-order valence-electron chi connectivity index (χ2n) is 5.63. The third-order valence-corrected chi connectivity index (χ3v) is 4.24. The lowest BCUT2D eigenvalue weighted by Crippen LogP contribution is -2.46. The van der Waals surface area contributed by atoms with Crippen molar-refractivity contribution in [3.05, 3.63) is 35.4 Å². The number of carboxylic acids is 1. The van der Waals surface area contributed by atoms with Crippen molar-refractivity contribution in [3.8, 4) is 0 Å². The van der Waals surface area contributed by atoms with Gasteiger partial charge in [0, 0.05) is 6.04 Å². The molecule has 2 rings (SSSR count). The third kappa shape index (κ3) is 3.61. The van der Waals surface area contributed by atoms with Crippen LogP contribution >= 0.6 is 0 Å². The molecule has 0 aromatic heterocycles. The molecule has 122 valence electrons. The normalized spacial score (nSPS) is 21.5. The monoisotopic (exact) mass is 315 g/mol. The molecular formula is C16H20F3NO2. The van der Waals surface area contributed by atoms with Gasteiger partial charge in [-0.1, -0.05) is 25.5 Å². The minimum Gasteiger partial charge on any atom is -0.480 e. The first kappa shape index (κ1) is 16.8. The summed E-state index contributed by atoms with van der Waals surface area (Å²) in [6.45, 7) is 2.59. The molecule has 2 unspecified atom stereocenters. The van der Waals surface area contributed by atoms with E-state index in [-0.39, 0.29) is 6.04 Å². The number of nitrogens with zero attached hydrogens (tertiary/aromatic N) is 1. The Labute approximate surface area is 127 Å². The summed E-state index contributed by atoms with van der Waals surface area (Å²) in [5, 5.41) is 9.36. The molecule has 1 heterocycles. The molecule has 0 spiro atoms. The Morgan fingerprint density at radius 3 is 2.45 bits per heavy atom. The molecule has 0 amide bonds. The van der Waals surface area contributed by atoms with E-state index in [9.17, 15) is 23.1 Å². The topological polar surface area (TPSA) is 40.5 Å². The SMILES string of the molecule is CCC(c1ccc(C(F)(F)F)cc1)N1CCCCC1C(=O)O. The van der Waals surface area contributed by atoms with E-state index < -0.39 is 23.8 Å². The van der Waals surface area contributed by atoms with Crippen LogP contribution in [0.3, 0.4) is 0 Å². The minimum atomic E-state index is -4.35. The third-order valence-electron chi connectivity index (χ3n) is 4.24. The van der Waals surface area contributed by atoms with E-state index in [0.29, 0.717) is 19.4 Å². The highest BCUT2D eigenvalue weighted by atomic mass is 19.4. The molecule has 22 heavy (non-hydrogen) atoms. The van der Waals surface area contributed by atoms with E-state index in [0.717, 1.165) is 30.5 Å². The van der Waals surface area contributed by atoms with Crippen molar-refractivity contribution in [2.24, 2.45) is 0 Å². The van der Waals surface area contributed by atoms with Crippen LogP contribution in [0.15, 0.2) is 24.3 Å². The largest absolute Gasteiger partial charge is 0.480 e. The van der Waals surface area contributed by atoms with Crippen LogP contribution in [0.4, 0.5) is 13.2 Å². The second-order valence-corrected chi connectivity index (χ2v) is 5.63. The van der Waals surface area contributed by atoms with Gasteiger partial charge in [0.15, 0.2) is 0 Å². The average Bonchev–Trinajstić information content (AvgIpc) is 2.48. The number of hydrogen-bond donors (Lipinski definition) is 1. The van der Waals surface area contributed by atoms with Gasteiger partial charge in [0.1, 0.15) is 6.04 Å². The van der Waals surface area contributed by atoms with Crippen molar-refractivity contribution in [1.29, 1.82) is 0 Å². The zero-order valence-corrected chi connectivity index (χ0v) is 12.4. The maximum atomic E-state index is 12.6. The van der Waals surface area contributed by atoms with E-state index in [1.165, 1.54) is 12.1 Å². The number of likely N-dealkylation sites (tertiary alicyclic amines) is 1. The summed E-state index contributed by atoms with van der Waals surface area (Å²) >= 11 is 0. The first-order valence-electron chi connectivity index (χ1n) is 7.50. The van der Waals surface area contributed by atoms with Crippen molar-refractivity contribution in [2.45, 2.75) is 50.9 Å². The summed E-state index contributed by atoms with van der Waals surface area (Å²) in [6.07, 6.45) is -1.31. The standard InChI is InChI=1S/C16H20F3NO2/c1-2-13(20-10-4-3-5-14(20)15(21)22)11-6-8-12(9-7-11)16(17,18)19/h6-9,13-14H,2-5,10H2,1H3,(H,21,22). The lowest BCUT2D eigenvalue weighted by molar-refractivity contribution is -0.146. The minimum absolute atomic E-state index is 0.163. The van der Waals surface area contributed by atoms with Crippen LogP contribution in [0.5, 0.6) is 0 Å². The highest BCUT2D eigenvalue weighted by Gasteiger charge is 2.34. The summed E-state index contributed by atoms with van der Waals surface area (Å²) in [5.41, 5.74) is 0.0585. The van der Waals surface area contributed by atoms with Gasteiger partial charge in [-0.25, -0.2) is 0 Å². The summed E-state index contributed by atoms with van der Waals surface area (Å²) in [6, 6.07) is 4.34. The van der Waals surface area contributed by atoms with Crippen LogP contribution in [0.1, 0.15) is 49.8 Å². The Kier molecular flexibility index (Phi) is 5.11. The predicted octanol–water partition coefficient (Wildman–Crippen LogP) is 4.10. The van der Waals surface area contributed by atoms with Gasteiger partial charge in [0.05, 0.1) is 5.56 Å². The molecule has 3 nitrogen and oxygen atoms in total. The summed E-state index contributed by atoms with van der Waals surface area (Å²) in [7, 11) is 0. The highest BCUT2D eigenvalue weighted by molar-refractivity contribution is 5.73.